The summed E-state index contributed by atoms with van der Waals surface area (Å²) < 4.78 is 16.8. The fraction of sp³-hybridized carbons (Fsp3) is 0.429. The van der Waals surface area contributed by atoms with Crippen molar-refractivity contribution in [2.45, 2.75) is 19.8 Å². The van der Waals surface area contributed by atoms with Crippen molar-refractivity contribution in [2.24, 2.45) is 5.41 Å². The zero-order valence-electron chi connectivity index (χ0n) is 14.9. The van der Waals surface area contributed by atoms with E-state index < -0.39 is 0 Å². The first-order valence-corrected chi connectivity index (χ1v) is 8.94. The Morgan fingerprint density at radius 2 is 1.72 bits per heavy atom. The van der Waals surface area contributed by atoms with E-state index in [4.69, 9.17) is 14.2 Å². The van der Waals surface area contributed by atoms with Gasteiger partial charge in [0.2, 0.25) is 0 Å². The van der Waals surface area contributed by atoms with Crippen LogP contribution in [-0.2, 0) is 9.47 Å². The maximum absolute atomic E-state index is 5.85. The molecule has 4 heteroatoms. The molecule has 1 heterocycles. The van der Waals surface area contributed by atoms with Crippen molar-refractivity contribution in [3.63, 3.8) is 0 Å². The van der Waals surface area contributed by atoms with Crippen LogP contribution in [0.5, 0.6) is 5.75 Å². The van der Waals surface area contributed by atoms with E-state index in [0.29, 0.717) is 6.61 Å². The molecular formula is C21H27NO3. The fourth-order valence-corrected chi connectivity index (χ4v) is 2.70. The fourth-order valence-electron chi connectivity index (χ4n) is 2.70. The van der Waals surface area contributed by atoms with Gasteiger partial charge >= 0.3 is 0 Å². The Morgan fingerprint density at radius 3 is 2.48 bits per heavy atom. The van der Waals surface area contributed by atoms with Gasteiger partial charge in [0.1, 0.15) is 5.75 Å². The molecule has 0 saturated carbocycles. The second-order valence-electron chi connectivity index (χ2n) is 6.93. The van der Waals surface area contributed by atoms with Gasteiger partial charge in [-0.3, -0.25) is 0 Å². The molecule has 0 aromatic heterocycles. The molecule has 3 rings (SSSR count). The smallest absolute Gasteiger partial charge is 0.121 e. The third kappa shape index (κ3) is 5.76. The average molecular weight is 341 g/mol. The summed E-state index contributed by atoms with van der Waals surface area (Å²) in [7, 11) is 0. The summed E-state index contributed by atoms with van der Waals surface area (Å²) in [5.74, 6) is 0.890. The normalized spacial score (nSPS) is 15.4. The van der Waals surface area contributed by atoms with Crippen molar-refractivity contribution in [3.8, 4) is 5.75 Å². The molecule has 0 radical (unpaired) electrons. The molecule has 0 amide bonds. The molecule has 1 saturated heterocycles. The van der Waals surface area contributed by atoms with Crippen molar-refractivity contribution >= 4 is 11.4 Å². The zero-order valence-corrected chi connectivity index (χ0v) is 14.9. The molecule has 0 bridgehead atoms. The van der Waals surface area contributed by atoms with Gasteiger partial charge in [0, 0.05) is 29.5 Å². The van der Waals surface area contributed by atoms with Gasteiger partial charge in [-0.2, -0.15) is 0 Å². The molecule has 134 valence electrons. The largest absolute Gasteiger partial charge is 0.494 e. The zero-order chi connectivity index (χ0) is 17.4. The van der Waals surface area contributed by atoms with Crippen molar-refractivity contribution in [2.75, 3.05) is 38.4 Å². The lowest BCUT2D eigenvalue weighted by atomic mass is 9.90. The Morgan fingerprint density at radius 1 is 0.960 bits per heavy atom. The van der Waals surface area contributed by atoms with Crippen molar-refractivity contribution in [3.05, 3.63) is 54.6 Å². The van der Waals surface area contributed by atoms with Crippen LogP contribution in [0.4, 0.5) is 11.4 Å². The third-order valence-electron chi connectivity index (χ3n) is 4.20. The topological polar surface area (TPSA) is 39.7 Å². The van der Waals surface area contributed by atoms with Gasteiger partial charge in [-0.05, 0) is 37.1 Å². The Bertz CT molecular complexity index is 641. The van der Waals surface area contributed by atoms with E-state index in [1.165, 1.54) is 0 Å². The quantitative estimate of drug-likeness (QED) is 0.639. The Hall–Kier alpha value is -2.04. The number of hydrogen-bond acceptors (Lipinski definition) is 4. The van der Waals surface area contributed by atoms with Crippen LogP contribution in [0.1, 0.15) is 19.8 Å². The molecule has 0 aliphatic carbocycles. The van der Waals surface area contributed by atoms with Gasteiger partial charge in [0.25, 0.3) is 0 Å². The summed E-state index contributed by atoms with van der Waals surface area (Å²) in [6, 6.07) is 18.2. The van der Waals surface area contributed by atoms with Gasteiger partial charge in [-0.25, -0.2) is 0 Å². The van der Waals surface area contributed by atoms with E-state index in [0.717, 1.165) is 56.4 Å². The van der Waals surface area contributed by atoms with Crippen LogP contribution < -0.4 is 10.1 Å². The molecule has 25 heavy (non-hydrogen) atoms. The van der Waals surface area contributed by atoms with Gasteiger partial charge < -0.3 is 19.5 Å². The highest BCUT2D eigenvalue weighted by Gasteiger charge is 2.33. The first-order valence-electron chi connectivity index (χ1n) is 8.94. The summed E-state index contributed by atoms with van der Waals surface area (Å²) >= 11 is 0. The maximum atomic E-state index is 5.85. The van der Waals surface area contributed by atoms with Gasteiger partial charge in [-0.15, -0.1) is 0 Å². The Kier molecular flexibility index (Phi) is 6.31. The van der Waals surface area contributed by atoms with Crippen LogP contribution in [0, 0.1) is 5.41 Å². The monoisotopic (exact) mass is 341 g/mol. The number of nitrogens with one attached hydrogen (secondary N) is 1. The van der Waals surface area contributed by atoms with E-state index in [9.17, 15) is 0 Å². The van der Waals surface area contributed by atoms with E-state index in [1.807, 2.05) is 54.6 Å². The van der Waals surface area contributed by atoms with Crippen molar-refractivity contribution < 1.29 is 14.2 Å². The second kappa shape index (κ2) is 8.88. The van der Waals surface area contributed by atoms with E-state index in [2.05, 4.69) is 12.2 Å². The molecule has 0 atom stereocenters. The van der Waals surface area contributed by atoms with Gasteiger partial charge in [0.15, 0.2) is 0 Å². The number of hydrogen-bond donors (Lipinski definition) is 1. The minimum atomic E-state index is 0.239. The summed E-state index contributed by atoms with van der Waals surface area (Å²) in [6.45, 7) is 6.14. The lowest BCUT2D eigenvalue weighted by Gasteiger charge is -2.37. The first-order chi connectivity index (χ1) is 12.2. The van der Waals surface area contributed by atoms with Gasteiger partial charge in [-0.1, -0.05) is 31.2 Å². The molecule has 1 aliphatic rings. The van der Waals surface area contributed by atoms with E-state index >= 15 is 0 Å². The molecule has 0 spiro atoms. The van der Waals surface area contributed by atoms with E-state index in [1.54, 1.807) is 0 Å². The van der Waals surface area contributed by atoms with Crippen LogP contribution in [0.2, 0.25) is 0 Å². The summed E-state index contributed by atoms with van der Waals surface area (Å²) in [5.41, 5.74) is 2.34. The van der Waals surface area contributed by atoms with E-state index in [-0.39, 0.29) is 5.41 Å². The van der Waals surface area contributed by atoms with Crippen molar-refractivity contribution in [1.29, 1.82) is 0 Å². The molecule has 4 nitrogen and oxygen atoms in total. The van der Waals surface area contributed by atoms with Crippen LogP contribution in [-0.4, -0.2) is 33.0 Å². The predicted octanol–water partition coefficient (Wildman–Crippen LogP) is 4.64. The van der Waals surface area contributed by atoms with Crippen LogP contribution in [0.3, 0.4) is 0 Å². The average Bonchev–Trinajstić information content (AvgIpc) is 2.60. The van der Waals surface area contributed by atoms with Crippen LogP contribution >= 0.6 is 0 Å². The Balaban J connectivity index is 1.32. The third-order valence-corrected chi connectivity index (χ3v) is 4.20. The lowest BCUT2D eigenvalue weighted by Crippen LogP contribution is -2.43. The number of ether oxygens (including phenoxy) is 3. The molecule has 1 N–H and O–H groups in total. The highest BCUT2D eigenvalue weighted by atomic mass is 16.5. The summed E-state index contributed by atoms with van der Waals surface area (Å²) in [6.07, 6.45) is 2.00. The summed E-state index contributed by atoms with van der Waals surface area (Å²) in [5, 5.41) is 3.38. The predicted molar refractivity (Wildman–Crippen MR) is 101 cm³/mol. The number of rotatable bonds is 10. The molecule has 0 unspecified atom stereocenters. The maximum Gasteiger partial charge on any atom is 0.121 e. The number of unbranched alkanes of at least 4 members (excludes halogenated alkanes) is 1. The van der Waals surface area contributed by atoms with Crippen LogP contribution in [0.25, 0.3) is 0 Å². The van der Waals surface area contributed by atoms with Crippen LogP contribution in [0.15, 0.2) is 54.6 Å². The SMILES string of the molecule is CC1(COCCCCOc2cccc(Nc3ccccc3)c2)COC1. The van der Waals surface area contributed by atoms with Gasteiger partial charge in [0.05, 0.1) is 26.4 Å². The molecule has 1 aliphatic heterocycles. The highest BCUT2D eigenvalue weighted by molar-refractivity contribution is 5.60. The molecular weight excluding hydrogens is 314 g/mol. The molecule has 2 aromatic carbocycles. The minimum Gasteiger partial charge on any atom is -0.494 e. The molecule has 1 fully saturated rings. The lowest BCUT2D eigenvalue weighted by molar-refractivity contribution is -0.138. The standard InChI is InChI=1S/C21H27NO3/c1-21(16-24-17-21)15-23-12-5-6-13-25-20-11-7-10-19(14-20)22-18-8-3-2-4-9-18/h2-4,7-11,14,22H,5-6,12-13,15-17H2,1H3. The first kappa shape index (κ1) is 17.8. The van der Waals surface area contributed by atoms with Crippen molar-refractivity contribution in [1.82, 2.24) is 0 Å². The summed E-state index contributed by atoms with van der Waals surface area (Å²) in [4.78, 5) is 0. The highest BCUT2D eigenvalue weighted by Crippen LogP contribution is 2.26. The Labute approximate surface area is 150 Å². The molecule has 2 aromatic rings. The number of anilines is 2. The number of para-hydroxylation sites is 1. The second-order valence-corrected chi connectivity index (χ2v) is 6.93. The minimum absolute atomic E-state index is 0.239. The number of benzene rings is 2.